The molecule has 15 heavy (non-hydrogen) atoms. The van der Waals surface area contributed by atoms with E-state index in [0.29, 0.717) is 0 Å². The maximum absolute atomic E-state index is 4.20. The van der Waals surface area contributed by atoms with Gasteiger partial charge in [0.15, 0.2) is 0 Å². The Labute approximate surface area is 90.2 Å². The van der Waals surface area contributed by atoms with E-state index in [1.165, 1.54) is 31.4 Å². The van der Waals surface area contributed by atoms with Gasteiger partial charge in [-0.3, -0.25) is 0 Å². The van der Waals surface area contributed by atoms with Crippen LogP contribution in [0.5, 0.6) is 0 Å². The van der Waals surface area contributed by atoms with E-state index in [1.807, 2.05) is 12.5 Å². The molecule has 1 aromatic heterocycles. The second-order valence-corrected chi connectivity index (χ2v) is 4.54. The van der Waals surface area contributed by atoms with Crippen LogP contribution in [0, 0.1) is 0 Å². The van der Waals surface area contributed by atoms with Crippen LogP contribution in [-0.2, 0) is 0 Å². The summed E-state index contributed by atoms with van der Waals surface area (Å²) >= 11 is 0. The van der Waals surface area contributed by atoms with Crippen LogP contribution in [-0.4, -0.2) is 22.1 Å². The minimum atomic E-state index is 0.726. The zero-order chi connectivity index (χ0) is 10.1. The van der Waals surface area contributed by atoms with Crippen LogP contribution >= 0.6 is 0 Å². The predicted octanol–water partition coefficient (Wildman–Crippen LogP) is 1.98. The summed E-state index contributed by atoms with van der Waals surface area (Å²) in [5.74, 6) is 0. The van der Waals surface area contributed by atoms with Crippen molar-refractivity contribution in [3.63, 3.8) is 0 Å². The topological polar surface area (TPSA) is 29.9 Å². The van der Waals surface area contributed by atoms with Gasteiger partial charge in [-0.1, -0.05) is 6.08 Å². The highest BCUT2D eigenvalue weighted by atomic mass is 15.1. The first-order chi connectivity index (χ1) is 7.43. The fraction of sp³-hybridized carbons (Fsp3) is 0.583. The van der Waals surface area contributed by atoms with Gasteiger partial charge in [0.05, 0.1) is 18.2 Å². The number of hydrogen-bond acceptors (Lipinski definition) is 2. The molecule has 0 aromatic carbocycles. The van der Waals surface area contributed by atoms with E-state index < -0.39 is 0 Å². The SMILES string of the molecule is C(=Cc1cncn1C1CC1)CNC1CC1. The summed E-state index contributed by atoms with van der Waals surface area (Å²) in [7, 11) is 0. The van der Waals surface area contributed by atoms with Crippen molar-refractivity contribution in [3.8, 4) is 0 Å². The van der Waals surface area contributed by atoms with Crippen molar-refractivity contribution < 1.29 is 0 Å². The molecule has 0 amide bonds. The van der Waals surface area contributed by atoms with E-state index in [1.54, 1.807) is 0 Å². The highest BCUT2D eigenvalue weighted by Crippen LogP contribution is 2.35. The van der Waals surface area contributed by atoms with E-state index in [-0.39, 0.29) is 0 Å². The van der Waals surface area contributed by atoms with Crippen molar-refractivity contribution in [2.45, 2.75) is 37.8 Å². The van der Waals surface area contributed by atoms with Crippen LogP contribution < -0.4 is 5.32 Å². The minimum Gasteiger partial charge on any atom is -0.328 e. The standard InChI is InChI=1S/C12H17N3/c1(7-14-10-3-4-10)2-12-8-13-9-15(12)11-5-6-11/h1-2,8-11,14H,3-7H2. The van der Waals surface area contributed by atoms with Crippen LogP contribution in [0.1, 0.15) is 37.4 Å². The Hall–Kier alpha value is -1.09. The summed E-state index contributed by atoms with van der Waals surface area (Å²) in [6.45, 7) is 0.987. The molecule has 3 heteroatoms. The molecule has 80 valence electrons. The molecule has 2 saturated carbocycles. The van der Waals surface area contributed by atoms with Crippen molar-refractivity contribution in [2.24, 2.45) is 0 Å². The molecule has 3 nitrogen and oxygen atoms in total. The lowest BCUT2D eigenvalue weighted by atomic mass is 10.4. The molecule has 0 spiro atoms. The molecule has 0 atom stereocenters. The van der Waals surface area contributed by atoms with Crippen molar-refractivity contribution in [3.05, 3.63) is 24.3 Å². The molecule has 2 fully saturated rings. The second kappa shape index (κ2) is 3.81. The van der Waals surface area contributed by atoms with Crippen molar-refractivity contribution >= 4 is 6.08 Å². The second-order valence-electron chi connectivity index (χ2n) is 4.54. The molecule has 1 heterocycles. The summed E-state index contributed by atoms with van der Waals surface area (Å²) in [5.41, 5.74) is 1.25. The van der Waals surface area contributed by atoms with Crippen molar-refractivity contribution in [1.82, 2.24) is 14.9 Å². The molecule has 3 rings (SSSR count). The van der Waals surface area contributed by atoms with Gasteiger partial charge < -0.3 is 9.88 Å². The Morgan fingerprint density at radius 1 is 1.40 bits per heavy atom. The first-order valence-electron chi connectivity index (χ1n) is 5.85. The summed E-state index contributed by atoms with van der Waals surface area (Å²) in [6, 6.07) is 1.52. The van der Waals surface area contributed by atoms with Crippen LogP contribution in [0.2, 0.25) is 0 Å². The predicted molar refractivity (Wildman–Crippen MR) is 60.6 cm³/mol. The van der Waals surface area contributed by atoms with Crippen LogP contribution in [0.3, 0.4) is 0 Å². The van der Waals surface area contributed by atoms with Gasteiger partial charge in [-0.2, -0.15) is 0 Å². The first-order valence-corrected chi connectivity index (χ1v) is 5.85. The van der Waals surface area contributed by atoms with Crippen LogP contribution in [0.15, 0.2) is 18.6 Å². The number of rotatable bonds is 5. The minimum absolute atomic E-state index is 0.726. The van der Waals surface area contributed by atoms with E-state index in [9.17, 15) is 0 Å². The van der Waals surface area contributed by atoms with Gasteiger partial charge in [-0.25, -0.2) is 4.98 Å². The number of nitrogens with zero attached hydrogens (tertiary/aromatic N) is 2. The smallest absolute Gasteiger partial charge is 0.0953 e. The number of aromatic nitrogens is 2. The first kappa shape index (κ1) is 9.16. The lowest BCUT2D eigenvalue weighted by Crippen LogP contribution is -2.15. The summed E-state index contributed by atoms with van der Waals surface area (Å²) in [5, 5.41) is 3.47. The van der Waals surface area contributed by atoms with Crippen LogP contribution in [0.4, 0.5) is 0 Å². The quantitative estimate of drug-likeness (QED) is 0.793. The van der Waals surface area contributed by atoms with Crippen LogP contribution in [0.25, 0.3) is 6.08 Å². The van der Waals surface area contributed by atoms with Gasteiger partial charge in [0.25, 0.3) is 0 Å². The van der Waals surface area contributed by atoms with Gasteiger partial charge in [-0.15, -0.1) is 0 Å². The fourth-order valence-corrected chi connectivity index (χ4v) is 1.80. The molecule has 1 N–H and O–H groups in total. The Bertz CT molecular complexity index is 359. The van der Waals surface area contributed by atoms with E-state index in [2.05, 4.69) is 27.0 Å². The maximum atomic E-state index is 4.20. The van der Waals surface area contributed by atoms with E-state index >= 15 is 0 Å². The van der Waals surface area contributed by atoms with Gasteiger partial charge in [0, 0.05) is 18.6 Å². The van der Waals surface area contributed by atoms with Crippen molar-refractivity contribution in [1.29, 1.82) is 0 Å². The Kier molecular flexibility index (Phi) is 2.33. The molecule has 2 aliphatic rings. The lowest BCUT2D eigenvalue weighted by molar-refractivity contribution is 0.731. The van der Waals surface area contributed by atoms with Gasteiger partial charge >= 0.3 is 0 Å². The molecular formula is C12H17N3. The lowest BCUT2D eigenvalue weighted by Gasteiger charge is -2.01. The zero-order valence-corrected chi connectivity index (χ0v) is 8.89. The highest BCUT2D eigenvalue weighted by molar-refractivity contribution is 5.44. The molecule has 2 aliphatic carbocycles. The Balaban J connectivity index is 1.57. The van der Waals surface area contributed by atoms with Gasteiger partial charge in [0.1, 0.15) is 0 Å². The normalized spacial score (nSPS) is 21.3. The third-order valence-corrected chi connectivity index (χ3v) is 3.03. The molecule has 0 unspecified atom stereocenters. The van der Waals surface area contributed by atoms with Crippen molar-refractivity contribution in [2.75, 3.05) is 6.54 Å². The third kappa shape index (κ3) is 2.29. The largest absolute Gasteiger partial charge is 0.328 e. The zero-order valence-electron chi connectivity index (χ0n) is 8.89. The Morgan fingerprint density at radius 2 is 2.27 bits per heavy atom. The molecular weight excluding hydrogens is 186 g/mol. The summed E-state index contributed by atoms with van der Waals surface area (Å²) < 4.78 is 2.29. The number of hydrogen-bond donors (Lipinski definition) is 1. The van der Waals surface area contributed by atoms with E-state index in [0.717, 1.165) is 18.6 Å². The average molecular weight is 203 g/mol. The Morgan fingerprint density at radius 3 is 3.00 bits per heavy atom. The van der Waals surface area contributed by atoms with Gasteiger partial charge in [-0.05, 0) is 31.8 Å². The molecule has 0 saturated heterocycles. The number of nitrogens with one attached hydrogen (secondary N) is 1. The molecule has 0 bridgehead atoms. The van der Waals surface area contributed by atoms with Gasteiger partial charge in [0.2, 0.25) is 0 Å². The van der Waals surface area contributed by atoms with E-state index in [4.69, 9.17) is 0 Å². The fourth-order valence-electron chi connectivity index (χ4n) is 1.80. The monoisotopic (exact) mass is 203 g/mol. The molecule has 0 aliphatic heterocycles. The molecule has 1 aromatic rings. The third-order valence-electron chi connectivity index (χ3n) is 3.03. The summed E-state index contributed by atoms with van der Waals surface area (Å²) in [4.78, 5) is 4.20. The maximum Gasteiger partial charge on any atom is 0.0953 e. The summed E-state index contributed by atoms with van der Waals surface area (Å²) in [6.07, 6.45) is 13.6. The highest BCUT2D eigenvalue weighted by Gasteiger charge is 2.24. The number of imidazole rings is 1. The molecule has 0 radical (unpaired) electrons. The average Bonchev–Trinajstić information content (AvgIpc) is 3.15.